The minimum absolute atomic E-state index is 0.0102. The first kappa shape index (κ1) is 25.3. The SMILES string of the molecule is COc1ccc(C[C@H](C)C(=O)N(C2CC2)C(C(=O)NCc2ccccc2)c2ccc(OC)cc2)cc1. The second kappa shape index (κ2) is 11.8. The molecule has 0 aliphatic heterocycles. The third-order valence-electron chi connectivity index (χ3n) is 6.58. The molecule has 36 heavy (non-hydrogen) atoms. The molecule has 1 saturated carbocycles. The summed E-state index contributed by atoms with van der Waals surface area (Å²) in [5, 5.41) is 3.07. The highest BCUT2D eigenvalue weighted by molar-refractivity contribution is 5.90. The summed E-state index contributed by atoms with van der Waals surface area (Å²) in [5.41, 5.74) is 2.84. The molecule has 0 saturated heterocycles. The van der Waals surface area contributed by atoms with Gasteiger partial charge in [-0.2, -0.15) is 0 Å². The maximum atomic E-state index is 13.9. The molecule has 6 heteroatoms. The van der Waals surface area contributed by atoms with E-state index >= 15 is 0 Å². The largest absolute Gasteiger partial charge is 0.497 e. The Morgan fingerprint density at radius 1 is 0.861 bits per heavy atom. The lowest BCUT2D eigenvalue weighted by Crippen LogP contribution is -2.47. The average molecular weight is 487 g/mol. The van der Waals surface area contributed by atoms with Gasteiger partial charge in [-0.15, -0.1) is 0 Å². The van der Waals surface area contributed by atoms with E-state index in [1.54, 1.807) is 14.2 Å². The van der Waals surface area contributed by atoms with Crippen LogP contribution in [0, 0.1) is 5.92 Å². The fourth-order valence-electron chi connectivity index (χ4n) is 4.43. The highest BCUT2D eigenvalue weighted by atomic mass is 16.5. The predicted octanol–water partition coefficient (Wildman–Crippen LogP) is 4.93. The van der Waals surface area contributed by atoms with Gasteiger partial charge in [-0.25, -0.2) is 0 Å². The van der Waals surface area contributed by atoms with E-state index < -0.39 is 6.04 Å². The van der Waals surface area contributed by atoms with E-state index in [-0.39, 0.29) is 23.8 Å². The summed E-state index contributed by atoms with van der Waals surface area (Å²) < 4.78 is 10.6. The van der Waals surface area contributed by atoms with Crippen LogP contribution in [0.15, 0.2) is 78.9 Å². The minimum Gasteiger partial charge on any atom is -0.497 e. The zero-order valence-corrected chi connectivity index (χ0v) is 21.1. The number of nitrogens with zero attached hydrogens (tertiary/aromatic N) is 1. The minimum atomic E-state index is -0.710. The Morgan fingerprint density at radius 2 is 1.44 bits per heavy atom. The molecule has 0 aromatic heterocycles. The molecule has 1 unspecified atom stereocenters. The molecule has 0 heterocycles. The van der Waals surface area contributed by atoms with Crippen molar-refractivity contribution in [3.8, 4) is 11.5 Å². The van der Waals surface area contributed by atoms with Gasteiger partial charge in [-0.3, -0.25) is 9.59 Å². The lowest BCUT2D eigenvalue weighted by Gasteiger charge is -2.33. The average Bonchev–Trinajstić information content (AvgIpc) is 3.76. The predicted molar refractivity (Wildman–Crippen MR) is 140 cm³/mol. The Kier molecular flexibility index (Phi) is 8.26. The van der Waals surface area contributed by atoms with Gasteiger partial charge >= 0.3 is 0 Å². The number of nitrogens with one attached hydrogen (secondary N) is 1. The van der Waals surface area contributed by atoms with E-state index in [0.29, 0.717) is 18.7 Å². The van der Waals surface area contributed by atoms with Crippen molar-refractivity contribution in [1.82, 2.24) is 10.2 Å². The zero-order valence-electron chi connectivity index (χ0n) is 21.1. The van der Waals surface area contributed by atoms with Crippen LogP contribution in [0.4, 0.5) is 0 Å². The van der Waals surface area contributed by atoms with Crippen LogP contribution < -0.4 is 14.8 Å². The van der Waals surface area contributed by atoms with Gasteiger partial charge in [0.2, 0.25) is 11.8 Å². The Labute approximate surface area is 213 Å². The van der Waals surface area contributed by atoms with E-state index in [1.165, 1.54) is 0 Å². The fraction of sp³-hybridized carbons (Fsp3) is 0.333. The van der Waals surface area contributed by atoms with E-state index in [4.69, 9.17) is 9.47 Å². The smallest absolute Gasteiger partial charge is 0.247 e. The number of hydrogen-bond acceptors (Lipinski definition) is 4. The van der Waals surface area contributed by atoms with Gasteiger partial charge < -0.3 is 19.7 Å². The molecule has 6 nitrogen and oxygen atoms in total. The molecule has 3 aromatic carbocycles. The quantitative estimate of drug-likeness (QED) is 0.417. The van der Waals surface area contributed by atoms with Crippen molar-refractivity contribution in [2.45, 2.75) is 44.8 Å². The Bertz CT molecular complexity index is 1140. The molecular formula is C30H34N2O4. The Morgan fingerprint density at radius 3 is 2.00 bits per heavy atom. The summed E-state index contributed by atoms with van der Waals surface area (Å²) in [5.74, 6) is 1.03. The van der Waals surface area contributed by atoms with E-state index in [1.807, 2.05) is 90.7 Å². The molecule has 0 bridgehead atoms. The van der Waals surface area contributed by atoms with Gasteiger partial charge in [-0.05, 0) is 60.2 Å². The normalized spacial score (nSPS) is 14.4. The molecule has 1 aliphatic rings. The van der Waals surface area contributed by atoms with Crippen LogP contribution in [0.1, 0.15) is 42.5 Å². The van der Waals surface area contributed by atoms with Crippen LogP contribution >= 0.6 is 0 Å². The maximum Gasteiger partial charge on any atom is 0.247 e. The molecule has 1 fully saturated rings. The molecule has 3 aromatic rings. The number of carbonyl (C=O) groups excluding carboxylic acids is 2. The van der Waals surface area contributed by atoms with Gasteiger partial charge in [0.05, 0.1) is 14.2 Å². The number of methoxy groups -OCH3 is 2. The van der Waals surface area contributed by atoms with Crippen molar-refractivity contribution in [2.24, 2.45) is 5.92 Å². The van der Waals surface area contributed by atoms with Crippen LogP contribution in [0.3, 0.4) is 0 Å². The second-order valence-corrected chi connectivity index (χ2v) is 9.31. The Hall–Kier alpha value is -3.80. The van der Waals surface area contributed by atoms with Gasteiger partial charge in [0.15, 0.2) is 0 Å². The third-order valence-corrected chi connectivity index (χ3v) is 6.58. The van der Waals surface area contributed by atoms with Crippen molar-refractivity contribution in [3.05, 3.63) is 95.6 Å². The second-order valence-electron chi connectivity index (χ2n) is 9.31. The monoisotopic (exact) mass is 486 g/mol. The fourth-order valence-corrected chi connectivity index (χ4v) is 4.43. The summed E-state index contributed by atoms with van der Waals surface area (Å²) in [4.78, 5) is 29.3. The van der Waals surface area contributed by atoms with E-state index in [2.05, 4.69) is 5.32 Å². The van der Waals surface area contributed by atoms with Gasteiger partial charge in [0.1, 0.15) is 17.5 Å². The number of carbonyl (C=O) groups is 2. The van der Waals surface area contributed by atoms with Crippen molar-refractivity contribution in [2.75, 3.05) is 14.2 Å². The molecule has 1 aliphatic carbocycles. The van der Waals surface area contributed by atoms with Gasteiger partial charge in [-0.1, -0.05) is 61.5 Å². The topological polar surface area (TPSA) is 67.9 Å². The first-order valence-corrected chi connectivity index (χ1v) is 12.4. The molecule has 188 valence electrons. The van der Waals surface area contributed by atoms with Gasteiger partial charge in [0, 0.05) is 18.5 Å². The Balaban J connectivity index is 1.58. The van der Waals surface area contributed by atoms with E-state index in [0.717, 1.165) is 35.3 Å². The third kappa shape index (κ3) is 6.25. The van der Waals surface area contributed by atoms with Crippen molar-refractivity contribution < 1.29 is 19.1 Å². The van der Waals surface area contributed by atoms with Crippen molar-refractivity contribution in [1.29, 1.82) is 0 Å². The van der Waals surface area contributed by atoms with Crippen LogP contribution in [-0.2, 0) is 22.6 Å². The molecule has 4 rings (SSSR count). The maximum absolute atomic E-state index is 13.9. The summed E-state index contributed by atoms with van der Waals surface area (Å²) in [6.07, 6.45) is 2.40. The van der Waals surface area contributed by atoms with Crippen LogP contribution in [0.25, 0.3) is 0 Å². The standard InChI is InChI=1S/C30H34N2O4/c1-21(19-22-9-15-26(35-2)16-10-22)30(34)32(25-13-14-25)28(24-11-17-27(36-3)18-12-24)29(33)31-20-23-7-5-4-6-8-23/h4-12,15-18,21,25,28H,13-14,19-20H2,1-3H3,(H,31,33)/t21-,28?/m0/s1. The number of hydrogen-bond donors (Lipinski definition) is 1. The molecular weight excluding hydrogens is 452 g/mol. The first-order chi connectivity index (χ1) is 17.5. The summed E-state index contributed by atoms with van der Waals surface area (Å²) in [7, 11) is 3.25. The zero-order chi connectivity index (χ0) is 25.5. The highest BCUT2D eigenvalue weighted by Gasteiger charge is 2.42. The summed E-state index contributed by atoms with van der Waals surface area (Å²) >= 11 is 0. The highest BCUT2D eigenvalue weighted by Crippen LogP contribution is 2.37. The number of amides is 2. The lowest BCUT2D eigenvalue weighted by atomic mass is 9.96. The lowest BCUT2D eigenvalue weighted by molar-refractivity contribution is -0.144. The van der Waals surface area contributed by atoms with Crippen molar-refractivity contribution in [3.63, 3.8) is 0 Å². The number of ether oxygens (including phenoxy) is 2. The molecule has 2 atom stereocenters. The number of rotatable bonds is 11. The van der Waals surface area contributed by atoms with Crippen LogP contribution in [0.5, 0.6) is 11.5 Å². The van der Waals surface area contributed by atoms with E-state index in [9.17, 15) is 9.59 Å². The van der Waals surface area contributed by atoms with Crippen LogP contribution in [0.2, 0.25) is 0 Å². The summed E-state index contributed by atoms with van der Waals surface area (Å²) in [6, 6.07) is 24.3. The van der Waals surface area contributed by atoms with Crippen molar-refractivity contribution >= 4 is 11.8 Å². The molecule has 0 radical (unpaired) electrons. The molecule has 2 amide bonds. The van der Waals surface area contributed by atoms with Gasteiger partial charge in [0.25, 0.3) is 0 Å². The first-order valence-electron chi connectivity index (χ1n) is 12.4. The van der Waals surface area contributed by atoms with Crippen LogP contribution in [-0.4, -0.2) is 37.0 Å². The molecule has 0 spiro atoms. The summed E-state index contributed by atoms with van der Waals surface area (Å²) in [6.45, 7) is 2.34. The number of benzene rings is 3. The molecule has 1 N–H and O–H groups in total.